The predicted octanol–water partition coefficient (Wildman–Crippen LogP) is 3.52. The Morgan fingerprint density at radius 2 is 2.08 bits per heavy atom. The van der Waals surface area contributed by atoms with Gasteiger partial charge in [-0.05, 0) is 30.7 Å². The molecule has 0 spiro atoms. The first-order valence-electron chi connectivity index (χ1n) is 8.32. The molecule has 1 aliphatic rings. The first-order valence-corrected chi connectivity index (χ1v) is 9.14. The van der Waals surface area contributed by atoms with Gasteiger partial charge in [-0.2, -0.15) is 10.2 Å². The van der Waals surface area contributed by atoms with Crippen molar-refractivity contribution >= 4 is 33.3 Å². The number of hydrogen-bond donors (Lipinski definition) is 1. The highest BCUT2D eigenvalue weighted by Gasteiger charge is 2.40. The van der Waals surface area contributed by atoms with Crippen molar-refractivity contribution < 1.29 is 13.9 Å². The maximum absolute atomic E-state index is 14.7. The molecule has 3 heterocycles. The van der Waals surface area contributed by atoms with Gasteiger partial charge < -0.3 is 4.74 Å². The summed E-state index contributed by atoms with van der Waals surface area (Å²) < 4.78 is 19.8. The molecule has 1 amide bonds. The average molecular weight is 372 g/mol. The number of aryl methyl sites for hydroxylation is 1. The van der Waals surface area contributed by atoms with E-state index in [0.29, 0.717) is 5.13 Å². The fraction of sp³-hybridized carbons (Fsp3) is 0.333. The van der Waals surface area contributed by atoms with Crippen LogP contribution >= 0.6 is 11.3 Å². The highest BCUT2D eigenvalue weighted by molar-refractivity contribution is 7.19. The van der Waals surface area contributed by atoms with Crippen LogP contribution in [-0.4, -0.2) is 40.0 Å². The van der Waals surface area contributed by atoms with Gasteiger partial charge in [-0.3, -0.25) is 10.1 Å². The summed E-state index contributed by atoms with van der Waals surface area (Å²) >= 11 is 1.31. The van der Waals surface area contributed by atoms with Gasteiger partial charge in [-0.15, -0.1) is 0 Å². The third-order valence-electron chi connectivity index (χ3n) is 4.41. The lowest BCUT2D eigenvalue weighted by atomic mass is 9.96. The smallest absolute Gasteiger partial charge is 0.264 e. The summed E-state index contributed by atoms with van der Waals surface area (Å²) in [6.07, 6.45) is 1.82. The number of hydrogen-bond acceptors (Lipinski definition) is 6. The molecule has 1 N–H and O–H groups in total. The fourth-order valence-electron chi connectivity index (χ4n) is 2.90. The number of halogens is 1. The average Bonchev–Trinajstić information content (AvgIpc) is 3.10. The standard InChI is InChI=1S/C18H17FN4O2S/c1-11-8-13-9-12(2-3-14(13)23-22-11)15-10-20-17(26-15)21-16(24)18(19)4-6-25-7-5-18/h2-3,8-10H,4-7H2,1H3,(H,20,21,24). The summed E-state index contributed by atoms with van der Waals surface area (Å²) in [5.41, 5.74) is 0.736. The summed E-state index contributed by atoms with van der Waals surface area (Å²) in [7, 11) is 0. The van der Waals surface area contributed by atoms with Crippen molar-refractivity contribution in [3.8, 4) is 10.4 Å². The van der Waals surface area contributed by atoms with Gasteiger partial charge in [0, 0.05) is 24.4 Å². The maximum atomic E-state index is 14.7. The molecule has 1 fully saturated rings. The number of nitrogens with one attached hydrogen (secondary N) is 1. The second-order valence-corrected chi connectivity index (χ2v) is 7.35. The third kappa shape index (κ3) is 3.30. The largest absolute Gasteiger partial charge is 0.381 e. The minimum atomic E-state index is -1.89. The van der Waals surface area contributed by atoms with E-state index in [9.17, 15) is 9.18 Å². The number of carbonyl (C=O) groups is 1. The number of ether oxygens (including phenoxy) is 1. The lowest BCUT2D eigenvalue weighted by molar-refractivity contribution is -0.133. The Labute approximate surface area is 153 Å². The third-order valence-corrected chi connectivity index (χ3v) is 5.37. The molecule has 134 valence electrons. The van der Waals surface area contributed by atoms with Crippen LogP contribution in [-0.2, 0) is 9.53 Å². The lowest BCUT2D eigenvalue weighted by Crippen LogP contribution is -2.43. The second-order valence-electron chi connectivity index (χ2n) is 6.32. The normalized spacial score (nSPS) is 16.5. The number of nitrogens with zero attached hydrogens (tertiary/aromatic N) is 3. The molecule has 0 aliphatic carbocycles. The van der Waals surface area contributed by atoms with Gasteiger partial charge in [0.25, 0.3) is 5.91 Å². The Kier molecular flexibility index (Phi) is 4.37. The summed E-state index contributed by atoms with van der Waals surface area (Å²) in [6.45, 7) is 2.40. The van der Waals surface area contributed by atoms with Crippen molar-refractivity contribution in [3.05, 3.63) is 36.2 Å². The zero-order valence-electron chi connectivity index (χ0n) is 14.2. The van der Waals surface area contributed by atoms with Crippen LogP contribution in [0.25, 0.3) is 21.3 Å². The number of anilines is 1. The van der Waals surface area contributed by atoms with E-state index in [1.165, 1.54) is 11.3 Å². The molecule has 1 saturated heterocycles. The number of amides is 1. The molecule has 4 rings (SSSR count). The van der Waals surface area contributed by atoms with E-state index in [4.69, 9.17) is 4.74 Å². The Hall–Kier alpha value is -2.45. The Morgan fingerprint density at radius 3 is 2.88 bits per heavy atom. The molecule has 0 saturated carbocycles. The molecule has 3 aromatic rings. The number of benzene rings is 1. The summed E-state index contributed by atoms with van der Waals surface area (Å²) in [5.74, 6) is -0.647. The van der Waals surface area contributed by atoms with Crippen LogP contribution in [0.5, 0.6) is 0 Å². The van der Waals surface area contributed by atoms with Crippen molar-refractivity contribution in [1.29, 1.82) is 0 Å². The predicted molar refractivity (Wildman–Crippen MR) is 97.9 cm³/mol. The van der Waals surface area contributed by atoms with Gasteiger partial charge >= 0.3 is 0 Å². The van der Waals surface area contributed by atoms with Crippen LogP contribution < -0.4 is 5.32 Å². The molecule has 1 aromatic carbocycles. The zero-order chi connectivity index (χ0) is 18.1. The van der Waals surface area contributed by atoms with Gasteiger partial charge in [0.2, 0.25) is 0 Å². The fourth-order valence-corrected chi connectivity index (χ4v) is 3.71. The van der Waals surface area contributed by atoms with E-state index in [-0.39, 0.29) is 26.1 Å². The highest BCUT2D eigenvalue weighted by atomic mass is 32.1. The first-order chi connectivity index (χ1) is 12.5. The molecular weight excluding hydrogens is 355 g/mol. The van der Waals surface area contributed by atoms with Gasteiger partial charge in [0.1, 0.15) is 0 Å². The van der Waals surface area contributed by atoms with Crippen LogP contribution in [0.4, 0.5) is 9.52 Å². The topological polar surface area (TPSA) is 77.0 Å². The Morgan fingerprint density at radius 1 is 1.27 bits per heavy atom. The molecule has 6 nitrogen and oxygen atoms in total. The van der Waals surface area contributed by atoms with E-state index >= 15 is 0 Å². The number of rotatable bonds is 3. The Bertz CT molecular complexity index is 969. The van der Waals surface area contributed by atoms with Crippen molar-refractivity contribution in [3.63, 3.8) is 0 Å². The molecule has 1 aliphatic heterocycles. The van der Waals surface area contributed by atoms with Crippen molar-refractivity contribution in [2.24, 2.45) is 0 Å². The minimum Gasteiger partial charge on any atom is -0.381 e. The summed E-state index contributed by atoms with van der Waals surface area (Å²) in [4.78, 5) is 17.4. The van der Waals surface area contributed by atoms with Crippen molar-refractivity contribution in [1.82, 2.24) is 15.2 Å². The van der Waals surface area contributed by atoms with Crippen LogP contribution in [0.1, 0.15) is 18.5 Å². The van der Waals surface area contributed by atoms with Crippen LogP contribution in [0.3, 0.4) is 0 Å². The quantitative estimate of drug-likeness (QED) is 0.761. The maximum Gasteiger partial charge on any atom is 0.264 e. The number of thiazole rings is 1. The molecule has 8 heteroatoms. The van der Waals surface area contributed by atoms with E-state index in [1.54, 1.807) is 6.20 Å². The monoisotopic (exact) mass is 372 g/mol. The number of alkyl halides is 1. The first kappa shape index (κ1) is 17.0. The Balaban J connectivity index is 1.55. The zero-order valence-corrected chi connectivity index (χ0v) is 15.0. The molecule has 2 aromatic heterocycles. The van der Waals surface area contributed by atoms with Gasteiger partial charge in [0.15, 0.2) is 10.8 Å². The van der Waals surface area contributed by atoms with E-state index in [1.807, 2.05) is 31.2 Å². The number of carbonyl (C=O) groups excluding carboxylic acids is 1. The van der Waals surface area contributed by atoms with E-state index in [2.05, 4.69) is 20.5 Å². The summed E-state index contributed by atoms with van der Waals surface area (Å²) in [6, 6.07) is 7.80. The van der Waals surface area contributed by atoms with Crippen LogP contribution in [0.2, 0.25) is 0 Å². The highest BCUT2D eigenvalue weighted by Crippen LogP contribution is 2.32. The molecule has 0 unspecified atom stereocenters. The second kappa shape index (κ2) is 6.69. The van der Waals surface area contributed by atoms with Gasteiger partial charge in [0.05, 0.1) is 29.3 Å². The van der Waals surface area contributed by atoms with E-state index < -0.39 is 11.6 Å². The molecular formula is C18H17FN4O2S. The van der Waals surface area contributed by atoms with Crippen LogP contribution in [0, 0.1) is 6.92 Å². The SMILES string of the molecule is Cc1cc2cc(-c3cnc(NC(=O)C4(F)CCOCC4)s3)ccc2nn1. The lowest BCUT2D eigenvalue weighted by Gasteiger charge is -2.27. The minimum absolute atomic E-state index is 0.0716. The summed E-state index contributed by atoms with van der Waals surface area (Å²) in [5, 5.41) is 12.2. The number of aromatic nitrogens is 3. The van der Waals surface area contributed by atoms with Gasteiger partial charge in [-0.1, -0.05) is 17.4 Å². The van der Waals surface area contributed by atoms with Gasteiger partial charge in [-0.25, -0.2) is 9.37 Å². The molecule has 0 radical (unpaired) electrons. The van der Waals surface area contributed by atoms with Crippen molar-refractivity contribution in [2.75, 3.05) is 18.5 Å². The van der Waals surface area contributed by atoms with Crippen molar-refractivity contribution in [2.45, 2.75) is 25.4 Å². The van der Waals surface area contributed by atoms with E-state index in [0.717, 1.165) is 27.0 Å². The van der Waals surface area contributed by atoms with Crippen LogP contribution in [0.15, 0.2) is 30.5 Å². The molecule has 26 heavy (non-hydrogen) atoms. The number of fused-ring (bicyclic) bond motifs is 1. The molecule has 0 atom stereocenters. The molecule has 0 bridgehead atoms.